The Bertz CT molecular complexity index is 806. The fraction of sp³-hybridized carbons (Fsp3) is 0.300. The summed E-state index contributed by atoms with van der Waals surface area (Å²) in [5.74, 6) is 1.43. The summed E-state index contributed by atoms with van der Waals surface area (Å²) >= 11 is 6.02. The molecule has 0 saturated carbocycles. The van der Waals surface area contributed by atoms with E-state index in [0.29, 0.717) is 36.2 Å². The summed E-state index contributed by atoms with van der Waals surface area (Å²) < 4.78 is 5.90. The Morgan fingerprint density at radius 1 is 1.11 bits per heavy atom. The van der Waals surface area contributed by atoms with Crippen molar-refractivity contribution < 1.29 is 9.53 Å². The van der Waals surface area contributed by atoms with E-state index in [2.05, 4.69) is 27.0 Å². The third kappa shape index (κ3) is 6.00. The maximum Gasteiger partial charge on any atom is 0.252 e. The summed E-state index contributed by atoms with van der Waals surface area (Å²) in [5, 5.41) is 9.70. The Kier molecular flexibility index (Phi) is 8.85. The largest absolute Gasteiger partial charge is 0.488 e. The Morgan fingerprint density at radius 2 is 1.82 bits per heavy atom. The van der Waals surface area contributed by atoms with Gasteiger partial charge >= 0.3 is 0 Å². The highest BCUT2D eigenvalue weighted by atomic mass is 127. The van der Waals surface area contributed by atoms with E-state index >= 15 is 0 Å². The first-order valence-electron chi connectivity index (χ1n) is 8.89. The number of carbonyl (C=O) groups is 1. The number of carbonyl (C=O) groups excluding carboxylic acids is 1. The van der Waals surface area contributed by atoms with E-state index in [9.17, 15) is 4.79 Å². The molecule has 28 heavy (non-hydrogen) atoms. The lowest BCUT2D eigenvalue weighted by Crippen LogP contribution is -2.44. The molecule has 1 unspecified atom stereocenters. The van der Waals surface area contributed by atoms with Crippen molar-refractivity contribution in [3.63, 3.8) is 0 Å². The van der Waals surface area contributed by atoms with Crippen molar-refractivity contribution in [2.45, 2.75) is 12.5 Å². The number of benzene rings is 2. The molecule has 0 radical (unpaired) electrons. The number of hydrogen-bond acceptors (Lipinski definition) is 3. The predicted octanol–water partition coefficient (Wildman–Crippen LogP) is 2.86. The van der Waals surface area contributed by atoms with E-state index in [1.807, 2.05) is 18.2 Å². The standard InChI is InChI=1S/C20H23ClN4O2.HI/c1-22-20(25-13-15-12-14-6-2-5-9-18(14)27-15)24-11-10-23-19(26)16-7-3-4-8-17(16)21;/h2-9,15H,10-13H2,1H3,(H,23,26)(H2,22,24,25);1H. The van der Waals surface area contributed by atoms with Gasteiger partial charge in [0.25, 0.3) is 5.91 Å². The molecule has 0 bridgehead atoms. The first kappa shape index (κ1) is 22.3. The van der Waals surface area contributed by atoms with Crippen LogP contribution in [0.5, 0.6) is 5.75 Å². The van der Waals surface area contributed by atoms with E-state index in [1.165, 1.54) is 5.56 Å². The van der Waals surface area contributed by atoms with Crippen molar-refractivity contribution in [1.82, 2.24) is 16.0 Å². The van der Waals surface area contributed by atoms with Gasteiger partial charge in [0.05, 0.1) is 17.1 Å². The molecule has 6 nitrogen and oxygen atoms in total. The minimum absolute atomic E-state index is 0. The summed E-state index contributed by atoms with van der Waals surface area (Å²) in [5.41, 5.74) is 1.70. The summed E-state index contributed by atoms with van der Waals surface area (Å²) in [6.07, 6.45) is 0.967. The maximum absolute atomic E-state index is 12.1. The summed E-state index contributed by atoms with van der Waals surface area (Å²) in [4.78, 5) is 16.3. The Morgan fingerprint density at radius 3 is 2.57 bits per heavy atom. The number of guanidine groups is 1. The number of ether oxygens (including phenoxy) is 1. The van der Waals surface area contributed by atoms with E-state index < -0.39 is 0 Å². The van der Waals surface area contributed by atoms with Crippen LogP contribution in [0.1, 0.15) is 15.9 Å². The third-order valence-electron chi connectivity index (χ3n) is 4.26. The van der Waals surface area contributed by atoms with Gasteiger partial charge in [-0.15, -0.1) is 24.0 Å². The quantitative estimate of drug-likeness (QED) is 0.240. The summed E-state index contributed by atoms with van der Waals surface area (Å²) in [7, 11) is 1.71. The molecule has 0 fully saturated rings. The van der Waals surface area contributed by atoms with Crippen molar-refractivity contribution in [3.05, 3.63) is 64.7 Å². The molecule has 8 heteroatoms. The Hall–Kier alpha value is -2.00. The van der Waals surface area contributed by atoms with Gasteiger partial charge in [-0.3, -0.25) is 9.79 Å². The van der Waals surface area contributed by atoms with Crippen molar-refractivity contribution in [2.24, 2.45) is 4.99 Å². The zero-order chi connectivity index (χ0) is 19.1. The van der Waals surface area contributed by atoms with Gasteiger partial charge in [0.2, 0.25) is 0 Å². The summed E-state index contributed by atoms with van der Waals surface area (Å²) in [6.45, 7) is 1.65. The predicted molar refractivity (Wildman–Crippen MR) is 123 cm³/mol. The lowest BCUT2D eigenvalue weighted by molar-refractivity contribution is 0.0954. The number of nitrogens with zero attached hydrogens (tertiary/aromatic N) is 1. The molecule has 1 heterocycles. The number of nitrogens with one attached hydrogen (secondary N) is 3. The molecule has 1 amide bonds. The van der Waals surface area contributed by atoms with Gasteiger partial charge in [-0.25, -0.2) is 0 Å². The van der Waals surface area contributed by atoms with Gasteiger partial charge in [0, 0.05) is 26.6 Å². The smallest absolute Gasteiger partial charge is 0.252 e. The number of amides is 1. The average Bonchev–Trinajstić information content (AvgIpc) is 3.10. The molecule has 0 spiro atoms. The molecule has 1 aliphatic heterocycles. The maximum atomic E-state index is 12.1. The second-order valence-electron chi connectivity index (χ2n) is 6.17. The van der Waals surface area contributed by atoms with Crippen LogP contribution in [-0.4, -0.2) is 44.7 Å². The molecular weight excluding hydrogens is 491 g/mol. The molecular formula is C20H24ClIN4O2. The Labute approximate surface area is 187 Å². The molecule has 3 N–H and O–H groups in total. The second kappa shape index (κ2) is 11.1. The SMILES string of the molecule is CN=C(NCCNC(=O)c1ccccc1Cl)NCC1Cc2ccccc2O1.I. The van der Waals surface area contributed by atoms with Crippen LogP contribution in [0.15, 0.2) is 53.5 Å². The summed E-state index contributed by atoms with van der Waals surface area (Å²) in [6, 6.07) is 15.1. The molecule has 2 aromatic carbocycles. The van der Waals surface area contributed by atoms with E-state index in [-0.39, 0.29) is 36.0 Å². The van der Waals surface area contributed by atoms with E-state index in [4.69, 9.17) is 16.3 Å². The molecule has 1 aliphatic rings. The normalized spacial score (nSPS) is 15.1. The minimum Gasteiger partial charge on any atom is -0.488 e. The monoisotopic (exact) mass is 514 g/mol. The van der Waals surface area contributed by atoms with Crippen molar-refractivity contribution in [1.29, 1.82) is 0 Å². The third-order valence-corrected chi connectivity index (χ3v) is 4.59. The van der Waals surface area contributed by atoms with Crippen LogP contribution in [0.4, 0.5) is 0 Å². The highest BCUT2D eigenvalue weighted by Crippen LogP contribution is 2.27. The fourth-order valence-electron chi connectivity index (χ4n) is 2.90. The molecule has 0 aliphatic carbocycles. The van der Waals surface area contributed by atoms with Crippen LogP contribution in [0.2, 0.25) is 5.02 Å². The topological polar surface area (TPSA) is 74.8 Å². The van der Waals surface area contributed by atoms with Crippen molar-refractivity contribution in [3.8, 4) is 5.75 Å². The highest BCUT2D eigenvalue weighted by molar-refractivity contribution is 14.0. The van der Waals surface area contributed by atoms with Crippen molar-refractivity contribution in [2.75, 3.05) is 26.7 Å². The van der Waals surface area contributed by atoms with E-state index in [1.54, 1.807) is 31.3 Å². The van der Waals surface area contributed by atoms with Crippen LogP contribution in [0.25, 0.3) is 0 Å². The lowest BCUT2D eigenvalue weighted by atomic mass is 10.1. The first-order valence-corrected chi connectivity index (χ1v) is 9.27. The molecule has 3 rings (SSSR count). The fourth-order valence-corrected chi connectivity index (χ4v) is 3.12. The Balaban J connectivity index is 0.00000280. The van der Waals surface area contributed by atoms with Gasteiger partial charge < -0.3 is 20.7 Å². The number of aliphatic imine (C=N–C) groups is 1. The second-order valence-corrected chi connectivity index (χ2v) is 6.57. The number of hydrogen-bond donors (Lipinski definition) is 3. The molecule has 1 atom stereocenters. The number of para-hydroxylation sites is 1. The van der Waals surface area contributed by atoms with Gasteiger partial charge in [0.1, 0.15) is 11.9 Å². The van der Waals surface area contributed by atoms with Gasteiger partial charge in [-0.05, 0) is 23.8 Å². The minimum atomic E-state index is -0.192. The van der Waals surface area contributed by atoms with Gasteiger partial charge in [-0.2, -0.15) is 0 Å². The van der Waals surface area contributed by atoms with Crippen LogP contribution in [0, 0.1) is 0 Å². The van der Waals surface area contributed by atoms with Gasteiger partial charge in [-0.1, -0.05) is 41.9 Å². The number of rotatable bonds is 6. The zero-order valence-electron chi connectivity index (χ0n) is 15.6. The highest BCUT2D eigenvalue weighted by Gasteiger charge is 2.22. The lowest BCUT2D eigenvalue weighted by Gasteiger charge is -2.16. The van der Waals surface area contributed by atoms with Crippen LogP contribution in [-0.2, 0) is 6.42 Å². The molecule has 2 aromatic rings. The zero-order valence-corrected chi connectivity index (χ0v) is 18.7. The van der Waals surface area contributed by atoms with Crippen LogP contribution < -0.4 is 20.7 Å². The first-order chi connectivity index (χ1) is 13.2. The molecule has 0 saturated heterocycles. The van der Waals surface area contributed by atoms with E-state index in [0.717, 1.165) is 12.2 Å². The number of halogens is 2. The van der Waals surface area contributed by atoms with Crippen LogP contribution >= 0.6 is 35.6 Å². The van der Waals surface area contributed by atoms with Crippen molar-refractivity contribution >= 4 is 47.4 Å². The van der Waals surface area contributed by atoms with Gasteiger partial charge in [0.15, 0.2) is 5.96 Å². The molecule has 0 aromatic heterocycles. The average molecular weight is 515 g/mol. The van der Waals surface area contributed by atoms with Crippen LogP contribution in [0.3, 0.4) is 0 Å². The molecule has 150 valence electrons. The number of fused-ring (bicyclic) bond motifs is 1.